The number of nitrogens with zero attached hydrogens (tertiary/aromatic N) is 1. The van der Waals surface area contributed by atoms with E-state index in [-0.39, 0.29) is 12.4 Å². The van der Waals surface area contributed by atoms with Gasteiger partial charge in [-0.3, -0.25) is 4.99 Å². The fraction of sp³-hybridized carbons (Fsp3) is 0.385. The van der Waals surface area contributed by atoms with Crippen LogP contribution in [0.1, 0.15) is 6.92 Å². The van der Waals surface area contributed by atoms with E-state index in [2.05, 4.69) is 9.73 Å². The standard InChI is InChI=1S/C13H10F3NO3/c1-2-20-11(19)6-5-8-7-3-4-9(18)12(7,8)17-10(6)13(14,15)16/h3-5,8,18H,2H2,1H3/t8-,12-/m0/s1. The van der Waals surface area contributed by atoms with Crippen LogP contribution in [0.15, 0.2) is 40.1 Å². The normalized spacial score (nSPS) is 30.5. The molecule has 3 aliphatic rings. The first-order chi connectivity index (χ1) is 9.32. The molecule has 1 heterocycles. The Kier molecular flexibility index (Phi) is 2.42. The average Bonchev–Trinajstić information content (AvgIpc) is 2.91. The molecule has 0 unspecified atom stereocenters. The van der Waals surface area contributed by atoms with Crippen LogP contribution in [0.5, 0.6) is 0 Å². The first-order valence-electron chi connectivity index (χ1n) is 6.00. The molecule has 20 heavy (non-hydrogen) atoms. The number of aliphatic imine (C=N–C) groups is 1. The molecular weight excluding hydrogens is 275 g/mol. The summed E-state index contributed by atoms with van der Waals surface area (Å²) in [5, 5.41) is 9.73. The van der Waals surface area contributed by atoms with E-state index in [1.807, 2.05) is 0 Å². The van der Waals surface area contributed by atoms with Crippen molar-refractivity contribution in [3.63, 3.8) is 0 Å². The molecule has 7 heteroatoms. The molecule has 2 aliphatic carbocycles. The van der Waals surface area contributed by atoms with Crippen LogP contribution < -0.4 is 0 Å². The summed E-state index contributed by atoms with van der Waals surface area (Å²) in [4.78, 5) is 15.3. The molecule has 2 atom stereocenters. The second-order valence-electron chi connectivity index (χ2n) is 4.68. The van der Waals surface area contributed by atoms with E-state index in [1.165, 1.54) is 25.2 Å². The van der Waals surface area contributed by atoms with E-state index in [1.54, 1.807) is 0 Å². The fourth-order valence-electron chi connectivity index (χ4n) is 2.67. The second-order valence-corrected chi connectivity index (χ2v) is 4.68. The maximum absolute atomic E-state index is 13.1. The largest absolute Gasteiger partial charge is 0.509 e. The number of ether oxygens (including phenoxy) is 1. The number of carbonyl (C=O) groups excluding carboxylic acids is 1. The lowest BCUT2D eigenvalue weighted by atomic mass is 10.0. The summed E-state index contributed by atoms with van der Waals surface area (Å²) in [6, 6.07) is 0. The Hall–Kier alpha value is -2.05. The van der Waals surface area contributed by atoms with Gasteiger partial charge in [-0.2, -0.15) is 13.2 Å². The SMILES string of the molecule is CCOC(=O)C1=C[C@H]2C3=CC=C(O)[C@]32N=C1C(F)(F)F. The minimum Gasteiger partial charge on any atom is -0.509 e. The Balaban J connectivity index is 2.06. The number of esters is 1. The van der Waals surface area contributed by atoms with Crippen molar-refractivity contribution in [2.24, 2.45) is 10.9 Å². The molecule has 0 saturated heterocycles. The number of alkyl halides is 3. The van der Waals surface area contributed by atoms with Crippen LogP contribution in [0.25, 0.3) is 0 Å². The smallest absolute Gasteiger partial charge is 0.433 e. The zero-order valence-corrected chi connectivity index (χ0v) is 10.4. The quantitative estimate of drug-likeness (QED) is 0.792. The summed E-state index contributed by atoms with van der Waals surface area (Å²) in [7, 11) is 0. The number of fused-ring (bicyclic) bond motifs is 1. The molecule has 106 valence electrons. The summed E-state index contributed by atoms with van der Waals surface area (Å²) in [6.45, 7) is 1.49. The van der Waals surface area contributed by atoms with E-state index >= 15 is 0 Å². The van der Waals surface area contributed by atoms with Gasteiger partial charge in [-0.15, -0.1) is 0 Å². The molecule has 4 nitrogen and oxygen atoms in total. The maximum Gasteiger partial charge on any atom is 0.433 e. The number of hydrogen-bond acceptors (Lipinski definition) is 4. The molecule has 0 aromatic heterocycles. The van der Waals surface area contributed by atoms with Crippen LogP contribution in [0.3, 0.4) is 0 Å². The number of dihydropyridines is 1. The molecule has 1 spiro atoms. The van der Waals surface area contributed by atoms with Crippen molar-refractivity contribution in [1.82, 2.24) is 0 Å². The van der Waals surface area contributed by atoms with Crippen LogP contribution in [-0.4, -0.2) is 35.1 Å². The highest BCUT2D eigenvalue weighted by molar-refractivity contribution is 6.23. The molecule has 0 aromatic carbocycles. The Morgan fingerprint density at radius 2 is 2.20 bits per heavy atom. The number of aliphatic hydroxyl groups excluding tert-OH is 1. The Morgan fingerprint density at radius 3 is 2.80 bits per heavy atom. The maximum atomic E-state index is 13.1. The average molecular weight is 285 g/mol. The predicted molar refractivity (Wildman–Crippen MR) is 63.2 cm³/mol. The molecule has 1 saturated carbocycles. The van der Waals surface area contributed by atoms with Crippen LogP contribution in [0, 0.1) is 5.92 Å². The Labute approximate surface area is 111 Å². The third-order valence-corrected chi connectivity index (χ3v) is 3.59. The summed E-state index contributed by atoms with van der Waals surface area (Å²) < 4.78 is 43.8. The van der Waals surface area contributed by atoms with Crippen LogP contribution in [0.2, 0.25) is 0 Å². The highest BCUT2D eigenvalue weighted by Gasteiger charge is 2.67. The third-order valence-electron chi connectivity index (χ3n) is 3.59. The van der Waals surface area contributed by atoms with Crippen LogP contribution in [0.4, 0.5) is 13.2 Å². The van der Waals surface area contributed by atoms with Gasteiger partial charge in [-0.1, -0.05) is 12.2 Å². The van der Waals surface area contributed by atoms with Crippen molar-refractivity contribution in [3.05, 3.63) is 35.1 Å². The highest BCUT2D eigenvalue weighted by atomic mass is 19.4. The van der Waals surface area contributed by atoms with Crippen LogP contribution in [-0.2, 0) is 9.53 Å². The number of carbonyl (C=O) groups is 1. The molecule has 1 fully saturated rings. The van der Waals surface area contributed by atoms with Gasteiger partial charge in [0, 0.05) is 5.92 Å². The summed E-state index contributed by atoms with van der Waals surface area (Å²) in [5.41, 5.74) is -2.65. The third kappa shape index (κ3) is 1.49. The van der Waals surface area contributed by atoms with Gasteiger partial charge in [0.25, 0.3) is 0 Å². The second kappa shape index (κ2) is 3.74. The first kappa shape index (κ1) is 13.0. The van der Waals surface area contributed by atoms with Gasteiger partial charge < -0.3 is 9.84 Å². The van der Waals surface area contributed by atoms with E-state index in [4.69, 9.17) is 0 Å². The summed E-state index contributed by atoms with van der Waals surface area (Å²) >= 11 is 0. The van der Waals surface area contributed by atoms with Gasteiger partial charge in [0.15, 0.2) is 5.71 Å². The van der Waals surface area contributed by atoms with Crippen molar-refractivity contribution in [2.75, 3.05) is 6.61 Å². The van der Waals surface area contributed by atoms with E-state index < -0.39 is 34.9 Å². The first-order valence-corrected chi connectivity index (χ1v) is 6.00. The molecule has 1 N–H and O–H groups in total. The molecular formula is C13H10F3NO3. The van der Waals surface area contributed by atoms with Gasteiger partial charge in [0.2, 0.25) is 0 Å². The highest BCUT2D eigenvalue weighted by Crippen LogP contribution is 2.63. The number of halogens is 3. The van der Waals surface area contributed by atoms with Crippen molar-refractivity contribution >= 4 is 11.7 Å². The van der Waals surface area contributed by atoms with Crippen LogP contribution >= 0.6 is 0 Å². The molecule has 1 aliphatic heterocycles. The van der Waals surface area contributed by atoms with Crippen molar-refractivity contribution in [2.45, 2.75) is 18.6 Å². The minimum absolute atomic E-state index is 0.0228. The summed E-state index contributed by atoms with van der Waals surface area (Å²) in [5.74, 6) is -1.76. The Morgan fingerprint density at radius 1 is 1.50 bits per heavy atom. The zero-order valence-electron chi connectivity index (χ0n) is 10.4. The van der Waals surface area contributed by atoms with Gasteiger partial charge in [-0.25, -0.2) is 4.79 Å². The lowest BCUT2D eigenvalue weighted by molar-refractivity contribution is -0.138. The van der Waals surface area contributed by atoms with Crippen molar-refractivity contribution < 1.29 is 27.8 Å². The molecule has 0 bridgehead atoms. The number of rotatable bonds is 2. The lowest BCUT2D eigenvalue weighted by Gasteiger charge is -2.20. The van der Waals surface area contributed by atoms with E-state index in [9.17, 15) is 23.1 Å². The van der Waals surface area contributed by atoms with Gasteiger partial charge in [0.1, 0.15) is 11.3 Å². The number of aliphatic hydroxyl groups is 1. The molecule has 0 amide bonds. The topological polar surface area (TPSA) is 58.9 Å². The molecule has 0 aromatic rings. The monoisotopic (exact) mass is 285 g/mol. The molecule has 0 radical (unpaired) electrons. The zero-order chi connectivity index (χ0) is 14.7. The van der Waals surface area contributed by atoms with Crippen molar-refractivity contribution in [3.8, 4) is 0 Å². The number of hydrogen-bond donors (Lipinski definition) is 1. The lowest BCUT2D eigenvalue weighted by Crippen LogP contribution is -2.34. The van der Waals surface area contributed by atoms with E-state index in [0.29, 0.717) is 5.57 Å². The Bertz CT molecular complexity index is 627. The summed E-state index contributed by atoms with van der Waals surface area (Å²) in [6.07, 6.45) is -0.744. The van der Waals surface area contributed by atoms with Crippen molar-refractivity contribution in [1.29, 1.82) is 0 Å². The van der Waals surface area contributed by atoms with E-state index in [0.717, 1.165) is 0 Å². The van der Waals surface area contributed by atoms with Gasteiger partial charge >= 0.3 is 12.1 Å². The number of allylic oxidation sites excluding steroid dienone is 2. The predicted octanol–water partition coefficient (Wildman–Crippen LogP) is 2.24. The van der Waals surface area contributed by atoms with Gasteiger partial charge in [-0.05, 0) is 18.6 Å². The van der Waals surface area contributed by atoms with Gasteiger partial charge in [0.05, 0.1) is 12.2 Å². The molecule has 3 rings (SSSR count). The minimum atomic E-state index is -4.78. The fourth-order valence-corrected chi connectivity index (χ4v) is 2.67.